The Bertz CT molecular complexity index is 687. The van der Waals surface area contributed by atoms with E-state index < -0.39 is 0 Å². The number of pyridine rings is 1. The second-order valence-electron chi connectivity index (χ2n) is 5.60. The van der Waals surface area contributed by atoms with Crippen molar-refractivity contribution < 1.29 is 0 Å². The van der Waals surface area contributed by atoms with Crippen LogP contribution in [0.15, 0.2) is 79.0 Å². The van der Waals surface area contributed by atoms with Crippen LogP contribution in [0.1, 0.15) is 16.7 Å². The van der Waals surface area contributed by atoms with Crippen molar-refractivity contribution in [2.75, 3.05) is 0 Å². The molecule has 23 heavy (non-hydrogen) atoms. The van der Waals surface area contributed by atoms with E-state index in [1.807, 2.05) is 24.3 Å². The van der Waals surface area contributed by atoms with Gasteiger partial charge in [-0.15, -0.1) is 0 Å². The number of hydrogen-bond donors (Lipinski definition) is 0. The molecule has 2 aromatic carbocycles. The Morgan fingerprint density at radius 1 is 0.696 bits per heavy atom. The lowest BCUT2D eigenvalue weighted by Crippen LogP contribution is -2.22. The van der Waals surface area contributed by atoms with Gasteiger partial charge in [-0.3, -0.25) is 4.90 Å². The number of hydrogen-bond acceptors (Lipinski definition) is 2. The van der Waals surface area contributed by atoms with Gasteiger partial charge in [0.15, 0.2) is 0 Å². The van der Waals surface area contributed by atoms with Crippen LogP contribution in [-0.2, 0) is 19.6 Å². The smallest absolute Gasteiger partial charge is 0.129 e. The van der Waals surface area contributed by atoms with Crippen LogP contribution in [0.5, 0.6) is 0 Å². The monoisotopic (exact) mass is 322 g/mol. The van der Waals surface area contributed by atoms with Gasteiger partial charge in [0, 0.05) is 25.8 Å². The van der Waals surface area contributed by atoms with Gasteiger partial charge in [-0.2, -0.15) is 0 Å². The molecule has 0 bridgehead atoms. The van der Waals surface area contributed by atoms with E-state index in [4.69, 9.17) is 11.6 Å². The van der Waals surface area contributed by atoms with E-state index in [9.17, 15) is 0 Å². The molecule has 2 nitrogen and oxygen atoms in total. The fourth-order valence-corrected chi connectivity index (χ4v) is 2.85. The highest BCUT2D eigenvalue weighted by atomic mass is 35.5. The number of nitrogens with zero attached hydrogens (tertiary/aromatic N) is 2. The van der Waals surface area contributed by atoms with Gasteiger partial charge in [-0.25, -0.2) is 4.98 Å². The maximum Gasteiger partial charge on any atom is 0.129 e. The molecule has 3 aromatic rings. The third-order valence-corrected chi connectivity index (χ3v) is 3.90. The molecular weight excluding hydrogens is 304 g/mol. The molecule has 0 saturated heterocycles. The third kappa shape index (κ3) is 4.92. The lowest BCUT2D eigenvalue weighted by molar-refractivity contribution is 0.247. The van der Waals surface area contributed by atoms with Gasteiger partial charge in [0.2, 0.25) is 0 Å². The van der Waals surface area contributed by atoms with Crippen LogP contribution in [0.4, 0.5) is 0 Å². The molecule has 0 spiro atoms. The van der Waals surface area contributed by atoms with Crippen LogP contribution in [0.2, 0.25) is 5.15 Å². The Labute approximate surface area is 142 Å². The van der Waals surface area contributed by atoms with E-state index in [-0.39, 0.29) is 0 Å². The van der Waals surface area contributed by atoms with Crippen molar-refractivity contribution >= 4 is 11.6 Å². The second-order valence-corrected chi connectivity index (χ2v) is 5.99. The molecule has 3 rings (SSSR count). The van der Waals surface area contributed by atoms with Crippen LogP contribution < -0.4 is 0 Å². The van der Waals surface area contributed by atoms with Crippen LogP contribution in [0.3, 0.4) is 0 Å². The van der Waals surface area contributed by atoms with Gasteiger partial charge >= 0.3 is 0 Å². The Hall–Kier alpha value is -2.16. The summed E-state index contributed by atoms with van der Waals surface area (Å²) in [6.07, 6.45) is 1.76. The normalized spacial score (nSPS) is 10.9. The maximum absolute atomic E-state index is 6.02. The van der Waals surface area contributed by atoms with Crippen LogP contribution >= 0.6 is 11.6 Å². The summed E-state index contributed by atoms with van der Waals surface area (Å²) in [5, 5.41) is 0.543. The lowest BCUT2D eigenvalue weighted by atomic mass is 10.1. The zero-order valence-electron chi connectivity index (χ0n) is 12.9. The Balaban J connectivity index is 1.77. The predicted octanol–water partition coefficient (Wildman–Crippen LogP) is 4.94. The molecule has 0 N–H and O–H groups in total. The molecule has 0 saturated carbocycles. The third-order valence-electron chi connectivity index (χ3n) is 3.70. The topological polar surface area (TPSA) is 16.1 Å². The Kier molecular flexibility index (Phi) is 5.41. The first-order valence-corrected chi connectivity index (χ1v) is 8.08. The molecule has 0 aliphatic rings. The average molecular weight is 323 g/mol. The van der Waals surface area contributed by atoms with E-state index in [1.54, 1.807) is 6.20 Å². The fraction of sp³-hybridized carbons (Fsp3) is 0.150. The Morgan fingerprint density at radius 2 is 1.22 bits per heavy atom. The van der Waals surface area contributed by atoms with E-state index >= 15 is 0 Å². The molecule has 0 atom stereocenters. The quantitative estimate of drug-likeness (QED) is 0.598. The first-order chi connectivity index (χ1) is 11.3. The van der Waals surface area contributed by atoms with Gasteiger partial charge in [0.1, 0.15) is 5.15 Å². The summed E-state index contributed by atoms with van der Waals surface area (Å²) in [6.45, 7) is 2.64. The summed E-state index contributed by atoms with van der Waals surface area (Å²) >= 11 is 6.02. The van der Waals surface area contributed by atoms with E-state index in [0.29, 0.717) is 5.15 Å². The minimum absolute atomic E-state index is 0.543. The van der Waals surface area contributed by atoms with Crippen molar-refractivity contribution in [1.29, 1.82) is 0 Å². The molecule has 0 aliphatic heterocycles. The number of benzene rings is 2. The summed E-state index contributed by atoms with van der Waals surface area (Å²) in [5.41, 5.74) is 3.80. The highest BCUT2D eigenvalue weighted by molar-refractivity contribution is 6.29. The summed E-state index contributed by atoms with van der Waals surface area (Å²) in [7, 11) is 0. The molecule has 1 aromatic heterocycles. The molecule has 0 unspecified atom stereocenters. The summed E-state index contributed by atoms with van der Waals surface area (Å²) in [5.74, 6) is 0. The summed E-state index contributed by atoms with van der Waals surface area (Å²) in [6, 6.07) is 25.0. The molecule has 116 valence electrons. The molecule has 0 aliphatic carbocycles. The van der Waals surface area contributed by atoms with Gasteiger partial charge in [0.05, 0.1) is 0 Å². The van der Waals surface area contributed by atoms with Crippen molar-refractivity contribution in [2.24, 2.45) is 0 Å². The van der Waals surface area contributed by atoms with Crippen molar-refractivity contribution in [1.82, 2.24) is 9.88 Å². The number of halogens is 1. The fourth-order valence-electron chi connectivity index (χ4n) is 2.65. The zero-order chi connectivity index (χ0) is 15.9. The number of aromatic nitrogens is 1. The maximum atomic E-state index is 6.02. The highest BCUT2D eigenvalue weighted by Crippen LogP contribution is 2.15. The van der Waals surface area contributed by atoms with Crippen molar-refractivity contribution in [3.8, 4) is 0 Å². The minimum Gasteiger partial charge on any atom is -0.291 e. The van der Waals surface area contributed by atoms with Gasteiger partial charge in [-0.1, -0.05) is 72.3 Å². The van der Waals surface area contributed by atoms with E-state index in [2.05, 4.69) is 58.4 Å². The largest absolute Gasteiger partial charge is 0.291 e. The van der Waals surface area contributed by atoms with E-state index in [1.165, 1.54) is 16.7 Å². The average Bonchev–Trinajstić information content (AvgIpc) is 2.57. The molecule has 0 radical (unpaired) electrons. The minimum atomic E-state index is 0.543. The zero-order valence-corrected chi connectivity index (χ0v) is 13.7. The predicted molar refractivity (Wildman–Crippen MR) is 95.1 cm³/mol. The first-order valence-electron chi connectivity index (χ1n) is 7.70. The second kappa shape index (κ2) is 7.91. The number of rotatable bonds is 6. The lowest BCUT2D eigenvalue weighted by Gasteiger charge is -2.23. The van der Waals surface area contributed by atoms with Gasteiger partial charge < -0.3 is 0 Å². The van der Waals surface area contributed by atoms with Crippen molar-refractivity contribution in [3.05, 3.63) is 101 Å². The Morgan fingerprint density at radius 3 is 1.74 bits per heavy atom. The van der Waals surface area contributed by atoms with E-state index in [0.717, 1.165) is 19.6 Å². The van der Waals surface area contributed by atoms with Crippen LogP contribution in [0, 0.1) is 0 Å². The summed E-state index contributed by atoms with van der Waals surface area (Å²) in [4.78, 5) is 6.48. The highest BCUT2D eigenvalue weighted by Gasteiger charge is 2.09. The van der Waals surface area contributed by atoms with Crippen molar-refractivity contribution in [2.45, 2.75) is 19.6 Å². The SMILES string of the molecule is Clc1cc(CN(Cc2ccccc2)Cc2ccccc2)ccn1. The molecular formula is C20H19ClN2. The molecule has 3 heteroatoms. The molecule has 0 fully saturated rings. The first kappa shape index (κ1) is 15.7. The summed E-state index contributed by atoms with van der Waals surface area (Å²) < 4.78 is 0. The van der Waals surface area contributed by atoms with Crippen molar-refractivity contribution in [3.63, 3.8) is 0 Å². The standard InChI is InChI=1S/C20H19ClN2/c21-20-13-19(11-12-22-20)16-23(14-17-7-3-1-4-8-17)15-18-9-5-2-6-10-18/h1-13H,14-16H2. The van der Waals surface area contributed by atoms with Crippen LogP contribution in [0.25, 0.3) is 0 Å². The van der Waals surface area contributed by atoms with Crippen LogP contribution in [-0.4, -0.2) is 9.88 Å². The molecule has 0 amide bonds. The van der Waals surface area contributed by atoms with Gasteiger partial charge in [0.25, 0.3) is 0 Å². The molecule has 1 heterocycles. The van der Waals surface area contributed by atoms with Gasteiger partial charge in [-0.05, 0) is 28.8 Å².